The summed E-state index contributed by atoms with van der Waals surface area (Å²) in [5.74, 6) is 1.83. The fourth-order valence-electron chi connectivity index (χ4n) is 2.96. The van der Waals surface area contributed by atoms with Crippen molar-refractivity contribution in [2.45, 2.75) is 32.1 Å². The number of nitrogens with zero attached hydrogens (tertiary/aromatic N) is 2. The van der Waals surface area contributed by atoms with E-state index in [0.29, 0.717) is 36.0 Å². The summed E-state index contributed by atoms with van der Waals surface area (Å²) in [6, 6.07) is 15.1. The summed E-state index contributed by atoms with van der Waals surface area (Å²) in [6.45, 7) is 1.75. The van der Waals surface area contributed by atoms with E-state index in [4.69, 9.17) is 20.9 Å². The number of hydrogen-bond acceptors (Lipinski definition) is 5. The normalized spacial score (nSPS) is 12.0. The molecule has 0 saturated heterocycles. The van der Waals surface area contributed by atoms with Gasteiger partial charge in [0.2, 0.25) is 5.89 Å². The molecule has 0 saturated carbocycles. The van der Waals surface area contributed by atoms with Crippen LogP contribution in [0.25, 0.3) is 0 Å². The molecule has 3 rings (SSSR count). The molecule has 1 heterocycles. The van der Waals surface area contributed by atoms with Crippen LogP contribution in [-0.2, 0) is 17.6 Å². The number of Topliss-reactive ketones (excluding diaryl/α,β-unsaturated/α-hetero) is 1. The number of methoxy groups -OCH3 is 1. The lowest BCUT2D eigenvalue weighted by Crippen LogP contribution is -2.13. The number of aromatic nitrogens is 2. The molecule has 1 atom stereocenters. The average Bonchev–Trinajstić information content (AvgIpc) is 3.10. The molecule has 0 aliphatic carbocycles. The molecular weight excluding hydrogens is 364 g/mol. The van der Waals surface area contributed by atoms with Gasteiger partial charge >= 0.3 is 0 Å². The van der Waals surface area contributed by atoms with Crippen LogP contribution in [0, 0.1) is 6.92 Å². The van der Waals surface area contributed by atoms with E-state index in [9.17, 15) is 4.79 Å². The van der Waals surface area contributed by atoms with Gasteiger partial charge in [0.1, 0.15) is 11.5 Å². The summed E-state index contributed by atoms with van der Waals surface area (Å²) in [6.07, 6.45) is 1.34. The number of ketones is 1. The third-order valence-corrected chi connectivity index (χ3v) is 4.59. The summed E-state index contributed by atoms with van der Waals surface area (Å²) >= 11 is 5.91. The molecule has 140 valence electrons. The van der Waals surface area contributed by atoms with Crippen molar-refractivity contribution in [2.24, 2.45) is 0 Å². The van der Waals surface area contributed by atoms with Crippen molar-refractivity contribution in [3.63, 3.8) is 0 Å². The first-order valence-corrected chi connectivity index (χ1v) is 9.10. The van der Waals surface area contributed by atoms with Crippen molar-refractivity contribution in [3.8, 4) is 5.75 Å². The van der Waals surface area contributed by atoms with Gasteiger partial charge in [0.15, 0.2) is 5.82 Å². The van der Waals surface area contributed by atoms with E-state index in [1.54, 1.807) is 26.2 Å². The number of benzene rings is 2. The number of rotatable bonds is 8. The molecule has 5 nitrogen and oxygen atoms in total. The van der Waals surface area contributed by atoms with Gasteiger partial charge in [-0.15, -0.1) is 0 Å². The van der Waals surface area contributed by atoms with Gasteiger partial charge in [0.25, 0.3) is 0 Å². The fraction of sp³-hybridized carbons (Fsp3) is 0.286. The van der Waals surface area contributed by atoms with E-state index < -0.39 is 0 Å². The van der Waals surface area contributed by atoms with Gasteiger partial charge in [-0.3, -0.25) is 4.79 Å². The smallest absolute Gasteiger partial charge is 0.223 e. The SMILES string of the molecule is COc1ccc(CC(CC(=O)Cc2ccc(Cl)cc2)c2noc(C)n2)cc1. The highest BCUT2D eigenvalue weighted by molar-refractivity contribution is 6.30. The number of aryl methyl sites for hydroxylation is 1. The van der Waals surface area contributed by atoms with Gasteiger partial charge in [-0.05, 0) is 41.8 Å². The molecule has 0 radical (unpaired) electrons. The summed E-state index contributed by atoms with van der Waals surface area (Å²) in [5.41, 5.74) is 2.03. The zero-order valence-electron chi connectivity index (χ0n) is 15.3. The Balaban J connectivity index is 1.73. The molecule has 3 aromatic rings. The molecular formula is C21H21ClN2O3. The summed E-state index contributed by atoms with van der Waals surface area (Å²) in [5, 5.41) is 4.70. The highest BCUT2D eigenvalue weighted by Crippen LogP contribution is 2.25. The van der Waals surface area contributed by atoms with E-state index >= 15 is 0 Å². The van der Waals surface area contributed by atoms with Crippen molar-refractivity contribution in [3.05, 3.63) is 76.4 Å². The second kappa shape index (κ2) is 8.82. The molecule has 1 unspecified atom stereocenters. The highest BCUT2D eigenvalue weighted by atomic mass is 35.5. The van der Waals surface area contributed by atoms with Gasteiger partial charge in [-0.1, -0.05) is 41.0 Å². The number of hydrogen-bond donors (Lipinski definition) is 0. The predicted molar refractivity (Wildman–Crippen MR) is 103 cm³/mol. The molecule has 0 aliphatic rings. The number of halogens is 1. The van der Waals surface area contributed by atoms with Crippen LogP contribution in [-0.4, -0.2) is 23.0 Å². The minimum absolute atomic E-state index is 0.123. The summed E-state index contributed by atoms with van der Waals surface area (Å²) in [4.78, 5) is 17.0. The van der Waals surface area contributed by atoms with Gasteiger partial charge in [-0.2, -0.15) is 4.98 Å². The molecule has 0 spiro atoms. The van der Waals surface area contributed by atoms with Gasteiger partial charge < -0.3 is 9.26 Å². The Morgan fingerprint density at radius 3 is 2.37 bits per heavy atom. The van der Waals surface area contributed by atoms with E-state index in [1.165, 1.54) is 0 Å². The first-order chi connectivity index (χ1) is 13.0. The monoisotopic (exact) mass is 384 g/mol. The number of ether oxygens (including phenoxy) is 1. The number of carbonyl (C=O) groups is 1. The van der Waals surface area contributed by atoms with Crippen LogP contribution in [0.4, 0.5) is 0 Å². The quantitative estimate of drug-likeness (QED) is 0.569. The first-order valence-electron chi connectivity index (χ1n) is 8.73. The second-order valence-corrected chi connectivity index (χ2v) is 6.90. The molecule has 27 heavy (non-hydrogen) atoms. The Morgan fingerprint density at radius 2 is 1.78 bits per heavy atom. The number of carbonyl (C=O) groups excluding carboxylic acids is 1. The van der Waals surface area contributed by atoms with Crippen molar-refractivity contribution in [1.82, 2.24) is 10.1 Å². The van der Waals surface area contributed by atoms with Crippen LogP contribution in [0.3, 0.4) is 0 Å². The Kier molecular flexibility index (Phi) is 6.24. The van der Waals surface area contributed by atoms with Crippen LogP contribution in [0.5, 0.6) is 5.75 Å². The maximum absolute atomic E-state index is 12.6. The molecule has 0 bridgehead atoms. The van der Waals surface area contributed by atoms with Crippen LogP contribution in [0.15, 0.2) is 53.1 Å². The third-order valence-electron chi connectivity index (χ3n) is 4.34. The zero-order valence-corrected chi connectivity index (χ0v) is 16.1. The van der Waals surface area contributed by atoms with E-state index in [2.05, 4.69) is 10.1 Å². The summed E-state index contributed by atoms with van der Waals surface area (Å²) in [7, 11) is 1.63. The standard InChI is InChI=1S/C21H21ClN2O3/c1-14-23-21(24-27-14)17(11-15-5-9-20(26-2)10-6-15)13-19(25)12-16-3-7-18(22)8-4-16/h3-10,17H,11-13H2,1-2H3. The van der Waals surface area contributed by atoms with Gasteiger partial charge in [0, 0.05) is 30.7 Å². The minimum atomic E-state index is -0.143. The molecule has 0 amide bonds. The van der Waals surface area contributed by atoms with Crippen molar-refractivity contribution < 1.29 is 14.1 Å². The summed E-state index contributed by atoms with van der Waals surface area (Å²) < 4.78 is 10.3. The molecule has 6 heteroatoms. The Bertz CT molecular complexity index is 889. The molecule has 0 aliphatic heterocycles. The Morgan fingerprint density at radius 1 is 1.11 bits per heavy atom. The van der Waals surface area contributed by atoms with E-state index in [1.807, 2.05) is 36.4 Å². The lowest BCUT2D eigenvalue weighted by atomic mass is 9.91. The molecule has 2 aromatic carbocycles. The Labute approximate surface area is 163 Å². The van der Waals surface area contributed by atoms with Crippen molar-refractivity contribution >= 4 is 17.4 Å². The van der Waals surface area contributed by atoms with Gasteiger partial charge in [0.05, 0.1) is 7.11 Å². The van der Waals surface area contributed by atoms with E-state index in [-0.39, 0.29) is 11.7 Å². The van der Waals surface area contributed by atoms with Crippen LogP contribution < -0.4 is 4.74 Å². The van der Waals surface area contributed by atoms with Crippen LogP contribution in [0.1, 0.15) is 35.2 Å². The molecule has 1 aromatic heterocycles. The fourth-order valence-corrected chi connectivity index (χ4v) is 3.08. The second-order valence-electron chi connectivity index (χ2n) is 6.47. The van der Waals surface area contributed by atoms with Crippen molar-refractivity contribution in [1.29, 1.82) is 0 Å². The third kappa shape index (κ3) is 5.41. The lowest BCUT2D eigenvalue weighted by molar-refractivity contribution is -0.118. The Hall–Kier alpha value is -2.66. The minimum Gasteiger partial charge on any atom is -0.497 e. The molecule has 0 fully saturated rings. The lowest BCUT2D eigenvalue weighted by Gasteiger charge is -2.13. The van der Waals surface area contributed by atoms with Crippen LogP contribution in [0.2, 0.25) is 5.02 Å². The predicted octanol–water partition coefficient (Wildman–Crippen LogP) is 4.57. The molecule has 0 N–H and O–H groups in total. The topological polar surface area (TPSA) is 65.2 Å². The van der Waals surface area contributed by atoms with Crippen molar-refractivity contribution in [2.75, 3.05) is 7.11 Å². The largest absolute Gasteiger partial charge is 0.497 e. The van der Waals surface area contributed by atoms with Gasteiger partial charge in [-0.25, -0.2) is 0 Å². The highest BCUT2D eigenvalue weighted by Gasteiger charge is 2.22. The van der Waals surface area contributed by atoms with E-state index in [0.717, 1.165) is 16.9 Å². The maximum atomic E-state index is 12.6. The van der Waals surface area contributed by atoms with Crippen LogP contribution >= 0.6 is 11.6 Å². The average molecular weight is 385 g/mol. The maximum Gasteiger partial charge on any atom is 0.223 e. The first kappa shape index (κ1) is 19.1. The zero-order chi connectivity index (χ0) is 19.2.